The summed E-state index contributed by atoms with van der Waals surface area (Å²) < 4.78 is 30.1. The molecule has 0 saturated heterocycles. The number of carbonyl (C=O) groups excluding carboxylic acids is 2. The molecule has 0 fully saturated rings. The van der Waals surface area contributed by atoms with Crippen molar-refractivity contribution < 1.29 is 28.2 Å². The number of amides is 2. The second kappa shape index (κ2) is 8.79. The van der Waals surface area contributed by atoms with Crippen LogP contribution >= 0.6 is 11.6 Å². The Morgan fingerprint density at radius 3 is 2.53 bits per heavy atom. The second-order valence-electron chi connectivity index (χ2n) is 7.61. The quantitative estimate of drug-likeness (QED) is 0.687. The van der Waals surface area contributed by atoms with Gasteiger partial charge in [0.15, 0.2) is 11.5 Å². The number of ether oxygens (including phenoxy) is 3. The van der Waals surface area contributed by atoms with Crippen molar-refractivity contribution in [1.29, 1.82) is 0 Å². The Morgan fingerprint density at radius 1 is 1.07 bits per heavy atom. The van der Waals surface area contributed by atoms with Gasteiger partial charge >= 0.3 is 6.09 Å². The van der Waals surface area contributed by atoms with Crippen LogP contribution in [0.3, 0.4) is 0 Å². The second-order valence-corrected chi connectivity index (χ2v) is 8.01. The SMILES string of the molecule is CC(C)(C)OC(=O)Nc1ccc(F)cc1NC(=O)c1cc(Cl)c2c(c1)OCCCO2. The molecule has 7 nitrogen and oxygen atoms in total. The first-order chi connectivity index (χ1) is 14.1. The number of fused-ring (bicyclic) bond motifs is 1. The van der Waals surface area contributed by atoms with Gasteiger partial charge in [0, 0.05) is 12.0 Å². The molecule has 3 rings (SSSR count). The summed E-state index contributed by atoms with van der Waals surface area (Å²) in [7, 11) is 0. The number of benzene rings is 2. The molecule has 0 aliphatic carbocycles. The molecule has 1 aliphatic heterocycles. The third-order valence-corrected chi connectivity index (χ3v) is 4.21. The third kappa shape index (κ3) is 5.54. The zero-order valence-electron chi connectivity index (χ0n) is 16.8. The zero-order valence-corrected chi connectivity index (χ0v) is 17.6. The van der Waals surface area contributed by atoms with Crippen LogP contribution in [0.4, 0.5) is 20.6 Å². The van der Waals surface area contributed by atoms with Crippen molar-refractivity contribution in [2.75, 3.05) is 23.8 Å². The van der Waals surface area contributed by atoms with Crippen LogP contribution in [0, 0.1) is 5.82 Å². The lowest BCUT2D eigenvalue weighted by molar-refractivity contribution is 0.0635. The third-order valence-electron chi connectivity index (χ3n) is 3.93. The predicted octanol–water partition coefficient (Wildman–Crippen LogP) is 5.24. The summed E-state index contributed by atoms with van der Waals surface area (Å²) in [6, 6.07) is 6.52. The van der Waals surface area contributed by atoms with E-state index < -0.39 is 23.4 Å². The Hall–Kier alpha value is -3.00. The Bertz CT molecular complexity index is 975. The number of nitrogens with one attached hydrogen (secondary N) is 2. The largest absolute Gasteiger partial charge is 0.489 e. The molecule has 2 N–H and O–H groups in total. The smallest absolute Gasteiger partial charge is 0.412 e. The lowest BCUT2D eigenvalue weighted by Crippen LogP contribution is -2.27. The molecular weight excluding hydrogens is 415 g/mol. The number of anilines is 2. The summed E-state index contributed by atoms with van der Waals surface area (Å²) in [4.78, 5) is 24.9. The fourth-order valence-electron chi connectivity index (χ4n) is 2.70. The van der Waals surface area contributed by atoms with Gasteiger partial charge in [0.1, 0.15) is 11.4 Å². The van der Waals surface area contributed by atoms with E-state index in [1.165, 1.54) is 18.2 Å². The molecule has 30 heavy (non-hydrogen) atoms. The maximum atomic E-state index is 13.8. The fraction of sp³-hybridized carbons (Fsp3) is 0.333. The molecule has 2 amide bonds. The first-order valence-electron chi connectivity index (χ1n) is 9.32. The van der Waals surface area contributed by atoms with Crippen LogP contribution in [0.25, 0.3) is 0 Å². The molecule has 0 spiro atoms. The molecule has 0 atom stereocenters. The van der Waals surface area contributed by atoms with Gasteiger partial charge in [-0.1, -0.05) is 11.6 Å². The average molecular weight is 437 g/mol. The Labute approximate surface area is 178 Å². The monoisotopic (exact) mass is 436 g/mol. The highest BCUT2D eigenvalue weighted by Gasteiger charge is 2.21. The van der Waals surface area contributed by atoms with Gasteiger partial charge in [-0.15, -0.1) is 0 Å². The molecule has 1 heterocycles. The van der Waals surface area contributed by atoms with Crippen molar-refractivity contribution in [1.82, 2.24) is 0 Å². The zero-order chi connectivity index (χ0) is 21.9. The van der Waals surface area contributed by atoms with Gasteiger partial charge in [-0.2, -0.15) is 0 Å². The van der Waals surface area contributed by atoms with E-state index in [2.05, 4.69) is 10.6 Å². The van der Waals surface area contributed by atoms with Gasteiger partial charge in [-0.3, -0.25) is 10.1 Å². The van der Waals surface area contributed by atoms with E-state index in [0.717, 1.165) is 12.1 Å². The minimum absolute atomic E-state index is 0.0640. The van der Waals surface area contributed by atoms with Crippen LogP contribution in [0.2, 0.25) is 5.02 Å². The van der Waals surface area contributed by atoms with Gasteiger partial charge in [0.25, 0.3) is 5.91 Å². The molecule has 2 aromatic carbocycles. The number of hydrogen-bond donors (Lipinski definition) is 2. The highest BCUT2D eigenvalue weighted by Crippen LogP contribution is 2.38. The Morgan fingerprint density at radius 2 is 1.80 bits per heavy atom. The molecule has 1 aliphatic rings. The molecule has 0 bridgehead atoms. The van der Waals surface area contributed by atoms with Crippen molar-refractivity contribution in [3.63, 3.8) is 0 Å². The summed E-state index contributed by atoms with van der Waals surface area (Å²) in [5.41, 5.74) is -0.279. The van der Waals surface area contributed by atoms with Crippen LogP contribution in [0.15, 0.2) is 30.3 Å². The standard InChI is InChI=1S/C21H22ClFN2O5/c1-21(2,3)30-20(27)25-15-6-5-13(23)11-16(15)24-19(26)12-9-14(22)18-17(10-12)28-7-4-8-29-18/h5-6,9-11H,4,7-8H2,1-3H3,(H,24,26)(H,25,27). The first-order valence-corrected chi connectivity index (χ1v) is 9.70. The van der Waals surface area contributed by atoms with Crippen LogP contribution in [-0.2, 0) is 4.74 Å². The lowest BCUT2D eigenvalue weighted by atomic mass is 10.1. The van der Waals surface area contributed by atoms with Crippen molar-refractivity contribution in [3.8, 4) is 11.5 Å². The number of rotatable bonds is 3. The van der Waals surface area contributed by atoms with E-state index in [1.807, 2.05) is 0 Å². The lowest BCUT2D eigenvalue weighted by Gasteiger charge is -2.20. The van der Waals surface area contributed by atoms with Gasteiger partial charge in [0.05, 0.1) is 29.6 Å². The van der Waals surface area contributed by atoms with Gasteiger partial charge in [-0.25, -0.2) is 9.18 Å². The molecule has 0 radical (unpaired) electrons. The molecule has 0 aromatic heterocycles. The first kappa shape index (κ1) is 21.7. The van der Waals surface area contributed by atoms with Gasteiger partial charge < -0.3 is 19.5 Å². The molecular formula is C21H22ClFN2O5. The van der Waals surface area contributed by atoms with Crippen LogP contribution in [0.1, 0.15) is 37.6 Å². The van der Waals surface area contributed by atoms with Gasteiger partial charge in [-0.05, 0) is 51.1 Å². The van der Waals surface area contributed by atoms with E-state index in [4.69, 9.17) is 25.8 Å². The average Bonchev–Trinajstić information content (AvgIpc) is 2.88. The van der Waals surface area contributed by atoms with Crippen LogP contribution in [0.5, 0.6) is 11.5 Å². The Kier molecular flexibility index (Phi) is 6.36. The van der Waals surface area contributed by atoms with Crippen molar-refractivity contribution in [2.24, 2.45) is 0 Å². The van der Waals surface area contributed by atoms with E-state index in [0.29, 0.717) is 31.1 Å². The highest BCUT2D eigenvalue weighted by molar-refractivity contribution is 6.32. The van der Waals surface area contributed by atoms with Gasteiger partial charge in [0.2, 0.25) is 0 Å². The Balaban J connectivity index is 1.83. The summed E-state index contributed by atoms with van der Waals surface area (Å²) in [6.07, 6.45) is -0.0431. The molecule has 9 heteroatoms. The van der Waals surface area contributed by atoms with E-state index in [-0.39, 0.29) is 22.0 Å². The van der Waals surface area contributed by atoms with E-state index in [9.17, 15) is 14.0 Å². The summed E-state index contributed by atoms with van der Waals surface area (Å²) in [5, 5.41) is 5.32. The van der Waals surface area contributed by atoms with Crippen LogP contribution < -0.4 is 20.1 Å². The summed E-state index contributed by atoms with van der Waals surface area (Å²) >= 11 is 6.24. The van der Waals surface area contributed by atoms with Crippen molar-refractivity contribution >= 4 is 35.0 Å². The molecule has 0 unspecified atom stereocenters. The minimum atomic E-state index is -0.733. The van der Waals surface area contributed by atoms with Crippen molar-refractivity contribution in [2.45, 2.75) is 32.8 Å². The number of hydrogen-bond acceptors (Lipinski definition) is 5. The topological polar surface area (TPSA) is 85.9 Å². The summed E-state index contributed by atoms with van der Waals surface area (Å²) in [6.45, 7) is 6.04. The fourth-order valence-corrected chi connectivity index (χ4v) is 2.96. The normalized spacial score (nSPS) is 13.2. The van der Waals surface area contributed by atoms with E-state index in [1.54, 1.807) is 20.8 Å². The molecule has 160 valence electrons. The van der Waals surface area contributed by atoms with Crippen molar-refractivity contribution in [3.05, 3.63) is 46.7 Å². The maximum absolute atomic E-state index is 13.8. The summed E-state index contributed by atoms with van der Waals surface area (Å²) in [5.74, 6) is -0.414. The van der Waals surface area contributed by atoms with Crippen LogP contribution in [-0.4, -0.2) is 30.8 Å². The van der Waals surface area contributed by atoms with E-state index >= 15 is 0 Å². The molecule has 0 saturated carbocycles. The minimum Gasteiger partial charge on any atom is -0.489 e. The highest BCUT2D eigenvalue weighted by atomic mass is 35.5. The number of carbonyl (C=O) groups is 2. The maximum Gasteiger partial charge on any atom is 0.412 e. The predicted molar refractivity (Wildman–Crippen MR) is 111 cm³/mol. The molecule has 2 aromatic rings. The number of halogens is 2.